The normalized spacial score (nSPS) is 12.0. The lowest BCUT2D eigenvalue weighted by Gasteiger charge is -2.05. The molecule has 0 radical (unpaired) electrons. The van der Waals surface area contributed by atoms with Crippen molar-refractivity contribution in [1.82, 2.24) is 0 Å². The molecular weight excluding hydrogens is 261 g/mol. The standard InChI is InChI=1S/C8H9BrClN.ClH/c1-5(11)6-2-3-8(10)7(9)4-6;/h2-5H,11H2,1H3;1H/t5-;/m0./s1. The topological polar surface area (TPSA) is 26.0 Å². The molecule has 1 aromatic rings. The Hall–Kier alpha value is 0.240. The summed E-state index contributed by atoms with van der Waals surface area (Å²) < 4.78 is 0.897. The first-order valence-electron chi connectivity index (χ1n) is 3.32. The van der Waals surface area contributed by atoms with Gasteiger partial charge in [0.25, 0.3) is 0 Å². The van der Waals surface area contributed by atoms with Gasteiger partial charge in [0.1, 0.15) is 0 Å². The van der Waals surface area contributed by atoms with Gasteiger partial charge in [0.15, 0.2) is 0 Å². The molecule has 1 aromatic carbocycles. The van der Waals surface area contributed by atoms with Crippen LogP contribution in [0.2, 0.25) is 5.02 Å². The zero-order chi connectivity index (χ0) is 8.43. The quantitative estimate of drug-likeness (QED) is 0.830. The largest absolute Gasteiger partial charge is 0.324 e. The average molecular weight is 271 g/mol. The van der Waals surface area contributed by atoms with Gasteiger partial charge in [-0.05, 0) is 40.5 Å². The van der Waals surface area contributed by atoms with Crippen LogP contribution in [0.25, 0.3) is 0 Å². The molecule has 0 bridgehead atoms. The molecule has 1 rings (SSSR count). The van der Waals surface area contributed by atoms with E-state index in [1.807, 2.05) is 25.1 Å². The first kappa shape index (κ1) is 12.2. The van der Waals surface area contributed by atoms with E-state index in [9.17, 15) is 0 Å². The van der Waals surface area contributed by atoms with E-state index in [1.165, 1.54) is 0 Å². The Morgan fingerprint density at radius 3 is 2.50 bits per heavy atom. The van der Waals surface area contributed by atoms with Crippen LogP contribution in [-0.4, -0.2) is 0 Å². The maximum absolute atomic E-state index is 5.80. The number of hydrogen-bond acceptors (Lipinski definition) is 1. The second-order valence-electron chi connectivity index (χ2n) is 2.46. The predicted octanol–water partition coefficient (Wildman–Crippen LogP) is 3.54. The van der Waals surface area contributed by atoms with E-state index in [0.717, 1.165) is 15.1 Å². The molecule has 0 unspecified atom stereocenters. The van der Waals surface area contributed by atoms with Gasteiger partial charge in [0.05, 0.1) is 5.02 Å². The molecule has 68 valence electrons. The van der Waals surface area contributed by atoms with E-state index in [1.54, 1.807) is 0 Å². The van der Waals surface area contributed by atoms with Crippen molar-refractivity contribution in [3.8, 4) is 0 Å². The van der Waals surface area contributed by atoms with E-state index in [4.69, 9.17) is 17.3 Å². The minimum Gasteiger partial charge on any atom is -0.324 e. The lowest BCUT2D eigenvalue weighted by Crippen LogP contribution is -2.04. The predicted molar refractivity (Wildman–Crippen MR) is 59.0 cm³/mol. The van der Waals surface area contributed by atoms with Crippen LogP contribution >= 0.6 is 39.9 Å². The molecule has 0 heterocycles. The summed E-state index contributed by atoms with van der Waals surface area (Å²) in [4.78, 5) is 0. The van der Waals surface area contributed by atoms with E-state index in [2.05, 4.69) is 15.9 Å². The SMILES string of the molecule is C[C@H](N)c1ccc(Cl)c(Br)c1.Cl. The summed E-state index contributed by atoms with van der Waals surface area (Å²) in [5.41, 5.74) is 6.75. The summed E-state index contributed by atoms with van der Waals surface area (Å²) in [6.07, 6.45) is 0. The van der Waals surface area contributed by atoms with Crippen molar-refractivity contribution in [2.45, 2.75) is 13.0 Å². The minimum atomic E-state index is 0. The molecule has 0 aliphatic carbocycles. The van der Waals surface area contributed by atoms with Crippen molar-refractivity contribution in [2.75, 3.05) is 0 Å². The number of hydrogen-bond donors (Lipinski definition) is 1. The van der Waals surface area contributed by atoms with Crippen molar-refractivity contribution in [3.05, 3.63) is 33.3 Å². The van der Waals surface area contributed by atoms with Crippen LogP contribution in [0.1, 0.15) is 18.5 Å². The fraction of sp³-hybridized carbons (Fsp3) is 0.250. The van der Waals surface area contributed by atoms with Crippen molar-refractivity contribution >= 4 is 39.9 Å². The highest BCUT2D eigenvalue weighted by Gasteiger charge is 2.01. The molecule has 0 spiro atoms. The zero-order valence-electron chi connectivity index (χ0n) is 6.55. The molecule has 1 nitrogen and oxygen atoms in total. The molecular formula is C8H10BrCl2N. The Balaban J connectivity index is 0.00000121. The van der Waals surface area contributed by atoms with Crippen LogP contribution in [-0.2, 0) is 0 Å². The maximum Gasteiger partial charge on any atom is 0.0548 e. The van der Waals surface area contributed by atoms with Gasteiger partial charge in [-0.15, -0.1) is 12.4 Å². The third kappa shape index (κ3) is 2.94. The summed E-state index contributed by atoms with van der Waals surface area (Å²) in [5.74, 6) is 0. The molecule has 0 aliphatic rings. The second-order valence-corrected chi connectivity index (χ2v) is 3.72. The summed E-state index contributed by atoms with van der Waals surface area (Å²) in [7, 11) is 0. The van der Waals surface area contributed by atoms with E-state index >= 15 is 0 Å². The summed E-state index contributed by atoms with van der Waals surface area (Å²) in [6.45, 7) is 1.94. The maximum atomic E-state index is 5.80. The molecule has 0 saturated heterocycles. The fourth-order valence-corrected chi connectivity index (χ4v) is 1.31. The van der Waals surface area contributed by atoms with Gasteiger partial charge in [-0.1, -0.05) is 17.7 Å². The van der Waals surface area contributed by atoms with Crippen LogP contribution in [0.15, 0.2) is 22.7 Å². The van der Waals surface area contributed by atoms with Crippen LogP contribution in [0, 0.1) is 0 Å². The van der Waals surface area contributed by atoms with Gasteiger partial charge in [-0.3, -0.25) is 0 Å². The third-order valence-electron chi connectivity index (χ3n) is 1.47. The van der Waals surface area contributed by atoms with Crippen molar-refractivity contribution in [1.29, 1.82) is 0 Å². The van der Waals surface area contributed by atoms with Crippen molar-refractivity contribution < 1.29 is 0 Å². The lowest BCUT2D eigenvalue weighted by molar-refractivity contribution is 0.817. The van der Waals surface area contributed by atoms with Gasteiger partial charge < -0.3 is 5.73 Å². The molecule has 1 atom stereocenters. The smallest absolute Gasteiger partial charge is 0.0548 e. The van der Waals surface area contributed by atoms with Crippen LogP contribution in [0.5, 0.6) is 0 Å². The number of halogens is 3. The Labute approximate surface area is 91.8 Å². The highest BCUT2D eigenvalue weighted by Crippen LogP contribution is 2.24. The number of rotatable bonds is 1. The van der Waals surface area contributed by atoms with Gasteiger partial charge >= 0.3 is 0 Å². The molecule has 0 saturated carbocycles. The molecule has 0 aromatic heterocycles. The number of nitrogens with two attached hydrogens (primary N) is 1. The average Bonchev–Trinajstić information content (AvgIpc) is 1.94. The molecule has 0 fully saturated rings. The van der Waals surface area contributed by atoms with E-state index < -0.39 is 0 Å². The zero-order valence-corrected chi connectivity index (χ0v) is 9.71. The van der Waals surface area contributed by atoms with E-state index in [0.29, 0.717) is 0 Å². The van der Waals surface area contributed by atoms with Gasteiger partial charge in [-0.25, -0.2) is 0 Å². The molecule has 2 N–H and O–H groups in total. The van der Waals surface area contributed by atoms with Gasteiger partial charge in [0.2, 0.25) is 0 Å². The molecule has 12 heavy (non-hydrogen) atoms. The molecule has 4 heteroatoms. The van der Waals surface area contributed by atoms with Crippen LogP contribution in [0.4, 0.5) is 0 Å². The first-order valence-corrected chi connectivity index (χ1v) is 4.49. The first-order chi connectivity index (χ1) is 5.11. The van der Waals surface area contributed by atoms with Gasteiger partial charge in [-0.2, -0.15) is 0 Å². The monoisotopic (exact) mass is 269 g/mol. The lowest BCUT2D eigenvalue weighted by atomic mass is 10.1. The van der Waals surface area contributed by atoms with Crippen LogP contribution < -0.4 is 5.73 Å². The third-order valence-corrected chi connectivity index (χ3v) is 2.68. The van der Waals surface area contributed by atoms with E-state index in [-0.39, 0.29) is 18.4 Å². The Kier molecular flexibility index (Phi) is 5.18. The highest BCUT2D eigenvalue weighted by molar-refractivity contribution is 9.10. The summed E-state index contributed by atoms with van der Waals surface area (Å²) in [6, 6.07) is 5.76. The van der Waals surface area contributed by atoms with Crippen LogP contribution in [0.3, 0.4) is 0 Å². The summed E-state index contributed by atoms with van der Waals surface area (Å²) in [5, 5.41) is 0.717. The van der Waals surface area contributed by atoms with Crippen molar-refractivity contribution in [2.24, 2.45) is 5.73 Å². The highest BCUT2D eigenvalue weighted by atomic mass is 79.9. The van der Waals surface area contributed by atoms with Gasteiger partial charge in [0, 0.05) is 10.5 Å². The Bertz CT molecular complexity index is 263. The number of benzene rings is 1. The minimum absolute atomic E-state index is 0. The fourth-order valence-electron chi connectivity index (χ4n) is 0.796. The second kappa shape index (κ2) is 5.07. The molecule has 0 amide bonds. The Morgan fingerprint density at radius 1 is 1.50 bits per heavy atom. The Morgan fingerprint density at radius 2 is 2.08 bits per heavy atom. The molecule has 0 aliphatic heterocycles. The summed E-state index contributed by atoms with van der Waals surface area (Å²) >= 11 is 9.12. The van der Waals surface area contributed by atoms with Crippen molar-refractivity contribution in [3.63, 3.8) is 0 Å².